The number of likely N-dealkylation sites (tertiary alicyclic amines) is 1. The molecule has 2 atom stereocenters. The first-order valence-corrected chi connectivity index (χ1v) is 15.2. The van der Waals surface area contributed by atoms with Crippen LogP contribution in [0.2, 0.25) is 0 Å². The van der Waals surface area contributed by atoms with Crippen molar-refractivity contribution in [3.05, 3.63) is 24.2 Å². The molecule has 5 heterocycles. The number of rotatable bonds is 10. The van der Waals surface area contributed by atoms with Gasteiger partial charge in [0.25, 0.3) is 0 Å². The van der Waals surface area contributed by atoms with Crippen LogP contribution in [0.15, 0.2) is 18.6 Å². The summed E-state index contributed by atoms with van der Waals surface area (Å²) in [6.45, 7) is 6.23. The molecule has 40 heavy (non-hydrogen) atoms. The van der Waals surface area contributed by atoms with Crippen molar-refractivity contribution in [2.75, 3.05) is 43.9 Å². The molecule has 2 N–H and O–H groups in total. The predicted octanol–water partition coefficient (Wildman–Crippen LogP) is 2.20. The molecular formula is C25H36F3N7O4S. The fourth-order valence-corrected chi connectivity index (χ4v) is 7.16. The van der Waals surface area contributed by atoms with Gasteiger partial charge >= 0.3 is 6.18 Å². The maximum absolute atomic E-state index is 13.7. The van der Waals surface area contributed by atoms with Gasteiger partial charge in [-0.1, -0.05) is 0 Å². The SMILES string of the molecule is CC(C)(O)Cn1cc(-c2nc(NC3CCN(S(=O)(=O)CCCN4C[C@@H]5C[C@H]4CO5)CC3)ncc2C(F)(F)F)cn1. The molecule has 5 rings (SSSR count). The minimum absolute atomic E-state index is 0.0310. The summed E-state index contributed by atoms with van der Waals surface area (Å²) >= 11 is 0. The molecule has 0 amide bonds. The van der Waals surface area contributed by atoms with Gasteiger partial charge in [-0.05, 0) is 46.1 Å². The Morgan fingerprint density at radius 3 is 2.58 bits per heavy atom. The van der Waals surface area contributed by atoms with Crippen LogP contribution >= 0.6 is 0 Å². The fraction of sp³-hybridized carbons (Fsp3) is 0.720. The summed E-state index contributed by atoms with van der Waals surface area (Å²) in [5.74, 6) is 0.121. The number of alkyl halides is 3. The average Bonchev–Trinajstić information content (AvgIpc) is 3.60. The highest BCUT2D eigenvalue weighted by Crippen LogP contribution is 2.36. The van der Waals surface area contributed by atoms with E-state index in [-0.39, 0.29) is 41.6 Å². The number of hydrogen-bond acceptors (Lipinski definition) is 9. The molecule has 0 aromatic carbocycles. The maximum atomic E-state index is 13.7. The number of ether oxygens (including phenoxy) is 1. The molecule has 0 unspecified atom stereocenters. The van der Waals surface area contributed by atoms with Crippen LogP contribution in [-0.4, -0.2) is 105 Å². The molecule has 3 aliphatic heterocycles. The number of piperidine rings is 1. The van der Waals surface area contributed by atoms with Crippen LogP contribution in [0.4, 0.5) is 19.1 Å². The van der Waals surface area contributed by atoms with E-state index in [1.165, 1.54) is 21.4 Å². The molecule has 3 aliphatic rings. The Labute approximate surface area is 231 Å². The molecule has 3 fully saturated rings. The van der Waals surface area contributed by atoms with E-state index in [0.29, 0.717) is 38.4 Å². The van der Waals surface area contributed by atoms with E-state index in [4.69, 9.17) is 4.74 Å². The van der Waals surface area contributed by atoms with E-state index in [1.807, 2.05) is 0 Å². The van der Waals surface area contributed by atoms with Gasteiger partial charge in [0.05, 0.1) is 42.5 Å². The standard InChI is InChI=1S/C25H36F3N7O4S/c1-24(2,36)16-34-13-17(11-30-34)22-21(25(26,27)28)12-29-23(32-22)31-18-4-7-35(8-5-18)40(37,38)9-3-6-33-14-20-10-19(33)15-39-20/h11-13,18-20,36H,3-10,14-16H2,1-2H3,(H,29,31,32)/t19-,20-/m0/s1. The zero-order valence-corrected chi connectivity index (χ0v) is 23.5. The first-order valence-electron chi connectivity index (χ1n) is 13.6. The molecule has 3 saturated heterocycles. The number of aliphatic hydroxyl groups is 1. The van der Waals surface area contributed by atoms with Crippen molar-refractivity contribution >= 4 is 16.0 Å². The van der Waals surface area contributed by atoms with Gasteiger partial charge in [-0.15, -0.1) is 0 Å². The number of aromatic nitrogens is 4. The van der Waals surface area contributed by atoms with Crippen LogP contribution in [0.5, 0.6) is 0 Å². The summed E-state index contributed by atoms with van der Waals surface area (Å²) in [4.78, 5) is 10.4. The highest BCUT2D eigenvalue weighted by Gasteiger charge is 2.39. The van der Waals surface area contributed by atoms with Crippen LogP contribution in [0.25, 0.3) is 11.3 Å². The van der Waals surface area contributed by atoms with Crippen molar-refractivity contribution < 1.29 is 31.4 Å². The molecule has 11 nitrogen and oxygen atoms in total. The van der Waals surface area contributed by atoms with E-state index in [2.05, 4.69) is 25.3 Å². The zero-order chi connectivity index (χ0) is 28.7. The van der Waals surface area contributed by atoms with Crippen LogP contribution < -0.4 is 5.32 Å². The van der Waals surface area contributed by atoms with Crippen molar-refractivity contribution in [3.8, 4) is 11.3 Å². The Morgan fingerprint density at radius 1 is 1.20 bits per heavy atom. The maximum Gasteiger partial charge on any atom is 0.419 e. The van der Waals surface area contributed by atoms with Gasteiger partial charge in [-0.25, -0.2) is 22.7 Å². The average molecular weight is 588 g/mol. The first kappa shape index (κ1) is 29.2. The second-order valence-electron chi connectivity index (χ2n) is 11.5. The van der Waals surface area contributed by atoms with Gasteiger partial charge in [0.15, 0.2) is 0 Å². The number of nitrogens with one attached hydrogen (secondary N) is 1. The van der Waals surface area contributed by atoms with E-state index in [9.17, 15) is 26.7 Å². The lowest BCUT2D eigenvalue weighted by Crippen LogP contribution is -2.44. The summed E-state index contributed by atoms with van der Waals surface area (Å²) in [6, 6.07) is 0.223. The van der Waals surface area contributed by atoms with Crippen molar-refractivity contribution in [1.29, 1.82) is 0 Å². The third-order valence-electron chi connectivity index (χ3n) is 7.59. The summed E-state index contributed by atoms with van der Waals surface area (Å²) in [7, 11) is -3.40. The van der Waals surface area contributed by atoms with Crippen molar-refractivity contribution in [2.45, 2.75) is 76.0 Å². The first-order chi connectivity index (χ1) is 18.8. The number of sulfonamides is 1. The number of hydrogen-bond donors (Lipinski definition) is 2. The zero-order valence-electron chi connectivity index (χ0n) is 22.6. The lowest BCUT2D eigenvalue weighted by Gasteiger charge is -2.32. The van der Waals surface area contributed by atoms with Crippen molar-refractivity contribution in [3.63, 3.8) is 0 Å². The summed E-state index contributed by atoms with van der Waals surface area (Å²) in [5, 5.41) is 17.2. The highest BCUT2D eigenvalue weighted by atomic mass is 32.2. The molecule has 0 saturated carbocycles. The van der Waals surface area contributed by atoms with Gasteiger partial charge in [0.2, 0.25) is 16.0 Å². The normalized spacial score (nSPS) is 23.2. The van der Waals surface area contributed by atoms with Gasteiger partial charge in [-0.2, -0.15) is 18.3 Å². The lowest BCUT2D eigenvalue weighted by atomic mass is 10.1. The molecule has 2 bridgehead atoms. The summed E-state index contributed by atoms with van der Waals surface area (Å²) in [6.07, 6.45) is 1.61. The molecule has 2 aromatic rings. The van der Waals surface area contributed by atoms with Gasteiger partial charge in [-0.3, -0.25) is 9.58 Å². The van der Waals surface area contributed by atoms with Gasteiger partial charge in [0, 0.05) is 49.7 Å². The largest absolute Gasteiger partial charge is 0.419 e. The monoisotopic (exact) mass is 587 g/mol. The second kappa shape index (κ2) is 11.2. The molecule has 0 aliphatic carbocycles. The third kappa shape index (κ3) is 6.93. The summed E-state index contributed by atoms with van der Waals surface area (Å²) < 4.78 is 75.5. The number of nitrogens with zero attached hydrogens (tertiary/aromatic N) is 6. The van der Waals surface area contributed by atoms with E-state index < -0.39 is 27.4 Å². The van der Waals surface area contributed by atoms with Gasteiger partial charge < -0.3 is 15.2 Å². The fourth-order valence-electron chi connectivity index (χ4n) is 5.64. The lowest BCUT2D eigenvalue weighted by molar-refractivity contribution is -0.137. The number of fused-ring (bicyclic) bond motifs is 2. The molecule has 222 valence electrons. The van der Waals surface area contributed by atoms with Crippen LogP contribution in [0.1, 0.15) is 45.1 Å². The van der Waals surface area contributed by atoms with Crippen molar-refractivity contribution in [1.82, 2.24) is 29.0 Å². The Hall–Kier alpha value is -2.33. The predicted molar refractivity (Wildman–Crippen MR) is 141 cm³/mol. The Bertz CT molecular complexity index is 1290. The van der Waals surface area contributed by atoms with E-state index in [0.717, 1.165) is 32.3 Å². The smallest absolute Gasteiger partial charge is 0.389 e. The van der Waals surface area contributed by atoms with E-state index >= 15 is 0 Å². The summed E-state index contributed by atoms with van der Waals surface area (Å²) in [5.41, 5.74) is -2.25. The Morgan fingerprint density at radius 2 is 1.95 bits per heavy atom. The number of halogens is 3. The molecule has 15 heteroatoms. The Balaban J connectivity index is 1.18. The van der Waals surface area contributed by atoms with Crippen LogP contribution in [-0.2, 0) is 27.5 Å². The Kier molecular flexibility index (Phi) is 8.14. The minimum atomic E-state index is -4.67. The van der Waals surface area contributed by atoms with Crippen LogP contribution in [0.3, 0.4) is 0 Å². The highest BCUT2D eigenvalue weighted by molar-refractivity contribution is 7.89. The molecule has 0 radical (unpaired) electrons. The molecule has 2 aromatic heterocycles. The quantitative estimate of drug-likeness (QED) is 0.430. The second-order valence-corrected chi connectivity index (χ2v) is 13.6. The van der Waals surface area contributed by atoms with Crippen molar-refractivity contribution in [2.24, 2.45) is 0 Å². The molecule has 0 spiro atoms. The van der Waals surface area contributed by atoms with Gasteiger partial charge in [0.1, 0.15) is 5.56 Å². The topological polar surface area (TPSA) is 126 Å². The number of anilines is 1. The minimum Gasteiger partial charge on any atom is -0.389 e. The van der Waals surface area contributed by atoms with E-state index in [1.54, 1.807) is 13.8 Å². The van der Waals surface area contributed by atoms with Crippen LogP contribution in [0, 0.1) is 0 Å². The molecular weight excluding hydrogens is 551 g/mol. The number of morpholine rings is 1. The third-order valence-corrected chi connectivity index (χ3v) is 9.55.